The van der Waals surface area contributed by atoms with Crippen LogP contribution in [0, 0.1) is 0 Å². The molecule has 5 nitrogen and oxygen atoms in total. The third-order valence-corrected chi connectivity index (χ3v) is 2.17. The van der Waals surface area contributed by atoms with Crippen molar-refractivity contribution >= 4 is 23.1 Å². The molecule has 0 aliphatic carbocycles. The van der Waals surface area contributed by atoms with Crippen LogP contribution >= 0.6 is 0 Å². The Bertz CT molecular complexity index is 430. The second kappa shape index (κ2) is 5.89. The average molecular weight is 236 g/mol. The van der Waals surface area contributed by atoms with Crippen molar-refractivity contribution in [3.63, 3.8) is 0 Å². The Morgan fingerprint density at radius 3 is 2.65 bits per heavy atom. The van der Waals surface area contributed by atoms with Crippen molar-refractivity contribution in [1.82, 2.24) is 0 Å². The lowest BCUT2D eigenvalue weighted by molar-refractivity contribution is -0.140. The predicted octanol–water partition coefficient (Wildman–Crippen LogP) is 1.45. The summed E-state index contributed by atoms with van der Waals surface area (Å²) >= 11 is 0. The summed E-state index contributed by atoms with van der Waals surface area (Å²) in [5.41, 5.74) is 7.26. The van der Waals surface area contributed by atoms with Crippen LogP contribution in [0.3, 0.4) is 0 Å². The van der Waals surface area contributed by atoms with Crippen LogP contribution in [0.4, 0.5) is 11.4 Å². The molecule has 0 heterocycles. The molecule has 0 spiro atoms. The second-order valence-corrected chi connectivity index (χ2v) is 3.52. The minimum Gasteiger partial charge on any atom is -0.465 e. The number of hydrogen-bond acceptors (Lipinski definition) is 5. The molecule has 0 unspecified atom stereocenters. The topological polar surface area (TPSA) is 81.4 Å². The molecule has 1 aromatic carbocycles. The number of benzene rings is 1. The van der Waals surface area contributed by atoms with Crippen molar-refractivity contribution in [1.29, 1.82) is 0 Å². The number of ketones is 1. The fourth-order valence-corrected chi connectivity index (χ4v) is 1.38. The van der Waals surface area contributed by atoms with E-state index in [1.807, 2.05) is 0 Å². The molecule has 92 valence electrons. The summed E-state index contributed by atoms with van der Waals surface area (Å²) in [5.74, 6) is -0.416. The molecule has 1 aromatic rings. The fraction of sp³-hybridized carbons (Fsp3) is 0.333. The Kier molecular flexibility index (Phi) is 4.51. The molecule has 0 fully saturated rings. The molecule has 0 aliphatic heterocycles. The van der Waals surface area contributed by atoms with E-state index < -0.39 is 0 Å². The van der Waals surface area contributed by atoms with Crippen LogP contribution in [0.1, 0.15) is 24.2 Å². The van der Waals surface area contributed by atoms with Gasteiger partial charge in [0.15, 0.2) is 5.78 Å². The molecule has 0 amide bonds. The van der Waals surface area contributed by atoms with Crippen molar-refractivity contribution in [3.05, 3.63) is 23.8 Å². The highest BCUT2D eigenvalue weighted by Gasteiger charge is 2.06. The smallest absolute Gasteiger partial charge is 0.325 e. The van der Waals surface area contributed by atoms with Crippen LogP contribution in [0.25, 0.3) is 0 Å². The quantitative estimate of drug-likeness (QED) is 0.459. The Hall–Kier alpha value is -2.04. The van der Waals surface area contributed by atoms with E-state index in [0.717, 1.165) is 0 Å². The normalized spacial score (nSPS) is 9.76. The maximum absolute atomic E-state index is 11.2. The van der Waals surface area contributed by atoms with Gasteiger partial charge in [-0.25, -0.2) is 0 Å². The first-order valence-corrected chi connectivity index (χ1v) is 5.34. The van der Waals surface area contributed by atoms with Gasteiger partial charge >= 0.3 is 5.97 Å². The summed E-state index contributed by atoms with van der Waals surface area (Å²) in [6.07, 6.45) is 0. The Morgan fingerprint density at radius 2 is 2.12 bits per heavy atom. The Morgan fingerprint density at radius 1 is 1.41 bits per heavy atom. The maximum Gasteiger partial charge on any atom is 0.325 e. The zero-order valence-corrected chi connectivity index (χ0v) is 9.95. The van der Waals surface area contributed by atoms with Crippen molar-refractivity contribution in [2.75, 3.05) is 24.2 Å². The predicted molar refractivity (Wildman–Crippen MR) is 66.0 cm³/mol. The van der Waals surface area contributed by atoms with Gasteiger partial charge in [0.2, 0.25) is 0 Å². The summed E-state index contributed by atoms with van der Waals surface area (Å²) in [4.78, 5) is 22.3. The van der Waals surface area contributed by atoms with Gasteiger partial charge in [0.1, 0.15) is 6.54 Å². The minimum absolute atomic E-state index is 0.0761. The molecular weight excluding hydrogens is 220 g/mol. The number of nitrogen functional groups attached to an aromatic ring is 1. The van der Waals surface area contributed by atoms with E-state index in [-0.39, 0.29) is 18.3 Å². The number of ether oxygens (including phenoxy) is 1. The average Bonchev–Trinajstić information content (AvgIpc) is 2.26. The number of nitrogens with two attached hydrogens (primary N) is 1. The molecule has 0 saturated heterocycles. The Labute approximate surface area is 99.9 Å². The molecule has 0 saturated carbocycles. The molecule has 0 atom stereocenters. The van der Waals surface area contributed by atoms with Crippen LogP contribution in [0.5, 0.6) is 0 Å². The lowest BCUT2D eigenvalue weighted by Crippen LogP contribution is -2.16. The van der Waals surface area contributed by atoms with E-state index >= 15 is 0 Å². The van der Waals surface area contributed by atoms with Gasteiger partial charge in [-0.05, 0) is 32.0 Å². The molecule has 0 radical (unpaired) electrons. The van der Waals surface area contributed by atoms with Crippen LogP contribution in [-0.4, -0.2) is 24.9 Å². The van der Waals surface area contributed by atoms with E-state index in [4.69, 9.17) is 10.5 Å². The van der Waals surface area contributed by atoms with Gasteiger partial charge in [0.05, 0.1) is 6.61 Å². The second-order valence-electron chi connectivity index (χ2n) is 3.52. The first-order chi connectivity index (χ1) is 8.04. The third kappa shape index (κ3) is 3.79. The largest absolute Gasteiger partial charge is 0.465 e. The van der Waals surface area contributed by atoms with Crippen LogP contribution in [0.2, 0.25) is 0 Å². The Balaban J connectivity index is 2.65. The minimum atomic E-state index is -0.332. The summed E-state index contributed by atoms with van der Waals surface area (Å²) < 4.78 is 4.77. The van der Waals surface area contributed by atoms with Crippen LogP contribution < -0.4 is 11.1 Å². The summed E-state index contributed by atoms with van der Waals surface area (Å²) in [7, 11) is 0. The summed E-state index contributed by atoms with van der Waals surface area (Å²) in [5, 5.41) is 2.87. The van der Waals surface area contributed by atoms with Gasteiger partial charge in [-0.1, -0.05) is 0 Å². The van der Waals surface area contributed by atoms with Crippen LogP contribution in [0.15, 0.2) is 18.2 Å². The highest BCUT2D eigenvalue weighted by molar-refractivity contribution is 5.99. The number of rotatable bonds is 5. The molecule has 0 aromatic heterocycles. The van der Waals surface area contributed by atoms with Gasteiger partial charge in [0, 0.05) is 16.9 Å². The molecule has 5 heteroatoms. The highest BCUT2D eigenvalue weighted by Crippen LogP contribution is 2.18. The van der Waals surface area contributed by atoms with E-state index in [0.29, 0.717) is 23.5 Å². The standard InChI is InChI=1S/C12H16N2O3/c1-3-17-12(16)7-14-9-4-5-10(8(2)15)11(13)6-9/h4-6,14H,3,7,13H2,1-2H3. The number of hydrogen-bond donors (Lipinski definition) is 2. The number of Topliss-reactive ketones (excluding diaryl/α,β-unsaturated/α-hetero) is 1. The zero-order chi connectivity index (χ0) is 12.8. The number of anilines is 2. The van der Waals surface area contributed by atoms with E-state index in [9.17, 15) is 9.59 Å². The van der Waals surface area contributed by atoms with E-state index in [1.54, 1.807) is 25.1 Å². The van der Waals surface area contributed by atoms with E-state index in [1.165, 1.54) is 6.92 Å². The maximum atomic E-state index is 11.2. The third-order valence-electron chi connectivity index (χ3n) is 2.17. The lowest BCUT2D eigenvalue weighted by atomic mass is 10.1. The number of carbonyl (C=O) groups excluding carboxylic acids is 2. The highest BCUT2D eigenvalue weighted by atomic mass is 16.5. The van der Waals surface area contributed by atoms with Crippen molar-refractivity contribution in [2.24, 2.45) is 0 Å². The molecular formula is C12H16N2O3. The molecule has 0 bridgehead atoms. The monoisotopic (exact) mass is 236 g/mol. The first-order valence-electron chi connectivity index (χ1n) is 5.34. The van der Waals surface area contributed by atoms with Gasteiger partial charge in [-0.3, -0.25) is 9.59 Å². The van der Waals surface area contributed by atoms with Crippen molar-refractivity contribution < 1.29 is 14.3 Å². The molecule has 17 heavy (non-hydrogen) atoms. The summed E-state index contributed by atoms with van der Waals surface area (Å²) in [6, 6.07) is 4.95. The molecule has 3 N–H and O–H groups in total. The number of nitrogens with one attached hydrogen (secondary N) is 1. The zero-order valence-electron chi connectivity index (χ0n) is 9.95. The van der Waals surface area contributed by atoms with E-state index in [2.05, 4.69) is 5.32 Å². The van der Waals surface area contributed by atoms with Crippen LogP contribution in [-0.2, 0) is 9.53 Å². The first kappa shape index (κ1) is 13.0. The van der Waals surface area contributed by atoms with Crippen molar-refractivity contribution in [3.8, 4) is 0 Å². The fourth-order valence-electron chi connectivity index (χ4n) is 1.38. The van der Waals surface area contributed by atoms with Gasteiger partial charge in [-0.15, -0.1) is 0 Å². The summed E-state index contributed by atoms with van der Waals surface area (Å²) in [6.45, 7) is 3.63. The SMILES string of the molecule is CCOC(=O)CNc1ccc(C(C)=O)c(N)c1. The van der Waals surface area contributed by atoms with Gasteiger partial charge < -0.3 is 15.8 Å². The number of esters is 1. The molecule has 0 aliphatic rings. The van der Waals surface area contributed by atoms with Crippen molar-refractivity contribution in [2.45, 2.75) is 13.8 Å². The lowest BCUT2D eigenvalue weighted by Gasteiger charge is -2.08. The van der Waals surface area contributed by atoms with Gasteiger partial charge in [-0.2, -0.15) is 0 Å². The van der Waals surface area contributed by atoms with Gasteiger partial charge in [0.25, 0.3) is 0 Å². The molecule has 1 rings (SSSR count). The number of carbonyl (C=O) groups is 2.